The highest BCUT2D eigenvalue weighted by Crippen LogP contribution is 2.46. The molecule has 118 valence electrons. The predicted molar refractivity (Wildman–Crippen MR) is 89.9 cm³/mol. The third kappa shape index (κ3) is 4.84. The van der Waals surface area contributed by atoms with Crippen LogP contribution in [-0.2, 0) is 6.42 Å². The number of hydrogen-bond donors (Lipinski definition) is 1. The molecule has 1 fully saturated rings. The van der Waals surface area contributed by atoms with Crippen LogP contribution in [0.25, 0.3) is 0 Å². The Morgan fingerprint density at radius 2 is 1.81 bits per heavy atom. The maximum absolute atomic E-state index is 6.12. The quantitative estimate of drug-likeness (QED) is 0.786. The fraction of sp³-hybridized carbons (Fsp3) is 0.765. The zero-order valence-corrected chi connectivity index (χ0v) is 14.7. The summed E-state index contributed by atoms with van der Waals surface area (Å²) in [7, 11) is 0. The molecular weight excluding hydrogens is 282 g/mol. The van der Waals surface area contributed by atoms with Gasteiger partial charge in [0.15, 0.2) is 0 Å². The molecule has 1 aromatic heterocycles. The number of rotatable bonds is 4. The number of aryl methyl sites for hydroxylation is 1. The molecule has 0 radical (unpaired) electrons. The molecule has 3 nitrogen and oxygen atoms in total. The molecule has 0 aromatic carbocycles. The summed E-state index contributed by atoms with van der Waals surface area (Å²) in [5, 5.41) is 4.13. The smallest absolute Gasteiger partial charge is 0.134 e. The molecule has 0 unspecified atom stereocenters. The molecule has 0 amide bonds. The number of halogens is 1. The highest BCUT2D eigenvalue weighted by Gasteiger charge is 2.38. The van der Waals surface area contributed by atoms with Crippen molar-refractivity contribution in [3.63, 3.8) is 0 Å². The van der Waals surface area contributed by atoms with Crippen LogP contribution in [0, 0.1) is 10.8 Å². The molecule has 21 heavy (non-hydrogen) atoms. The molecule has 1 N–H and O–H groups in total. The first-order valence-electron chi connectivity index (χ1n) is 7.99. The highest BCUT2D eigenvalue weighted by atomic mass is 35.5. The van der Waals surface area contributed by atoms with Crippen molar-refractivity contribution in [1.82, 2.24) is 9.97 Å². The summed E-state index contributed by atoms with van der Waals surface area (Å²) in [6, 6.07) is 2.29. The molecule has 1 aromatic rings. The van der Waals surface area contributed by atoms with Gasteiger partial charge in [-0.15, -0.1) is 0 Å². The van der Waals surface area contributed by atoms with E-state index in [4.69, 9.17) is 11.6 Å². The topological polar surface area (TPSA) is 37.8 Å². The van der Waals surface area contributed by atoms with Gasteiger partial charge in [0.2, 0.25) is 0 Å². The Morgan fingerprint density at radius 3 is 2.38 bits per heavy atom. The summed E-state index contributed by atoms with van der Waals surface area (Å²) in [6.45, 7) is 11.6. The second-order valence-corrected chi connectivity index (χ2v) is 8.38. The third-order valence-corrected chi connectivity index (χ3v) is 4.32. The maximum Gasteiger partial charge on any atom is 0.134 e. The van der Waals surface area contributed by atoms with Crippen LogP contribution in [0.4, 0.5) is 5.82 Å². The first kappa shape index (κ1) is 16.5. The van der Waals surface area contributed by atoms with E-state index in [0.717, 1.165) is 24.5 Å². The Balaban J connectivity index is 2.13. The maximum atomic E-state index is 6.12. The lowest BCUT2D eigenvalue weighted by Crippen LogP contribution is -2.40. The van der Waals surface area contributed by atoms with E-state index in [1.807, 2.05) is 6.07 Å². The number of aromatic nitrogens is 2. The molecule has 0 saturated heterocycles. The van der Waals surface area contributed by atoms with Crippen molar-refractivity contribution in [3.8, 4) is 0 Å². The van der Waals surface area contributed by atoms with Crippen LogP contribution >= 0.6 is 11.6 Å². The molecule has 0 aliphatic heterocycles. The van der Waals surface area contributed by atoms with Crippen LogP contribution in [-0.4, -0.2) is 16.0 Å². The van der Waals surface area contributed by atoms with Gasteiger partial charge in [-0.1, -0.05) is 46.2 Å². The van der Waals surface area contributed by atoms with E-state index in [2.05, 4.69) is 49.9 Å². The zero-order valence-electron chi connectivity index (χ0n) is 14.0. The van der Waals surface area contributed by atoms with Crippen LogP contribution in [0.3, 0.4) is 0 Å². The van der Waals surface area contributed by atoms with E-state index in [1.165, 1.54) is 19.3 Å². The summed E-state index contributed by atoms with van der Waals surface area (Å²) >= 11 is 6.12. The molecule has 0 atom stereocenters. The van der Waals surface area contributed by atoms with E-state index >= 15 is 0 Å². The molecule has 1 heterocycles. The van der Waals surface area contributed by atoms with Gasteiger partial charge in [0, 0.05) is 18.5 Å². The van der Waals surface area contributed by atoms with Crippen LogP contribution in [0.15, 0.2) is 6.07 Å². The van der Waals surface area contributed by atoms with E-state index in [1.54, 1.807) is 0 Å². The zero-order chi connectivity index (χ0) is 15.7. The van der Waals surface area contributed by atoms with Gasteiger partial charge in [-0.05, 0) is 36.5 Å². The van der Waals surface area contributed by atoms with Gasteiger partial charge in [-0.3, -0.25) is 0 Å². The number of hydrogen-bond acceptors (Lipinski definition) is 3. The Kier molecular flexibility index (Phi) is 4.82. The Bertz CT molecular complexity index is 481. The summed E-state index contributed by atoms with van der Waals surface area (Å²) in [6.07, 6.45) is 5.51. The first-order valence-corrected chi connectivity index (χ1v) is 8.37. The second kappa shape index (κ2) is 6.12. The van der Waals surface area contributed by atoms with Crippen molar-refractivity contribution in [2.45, 2.75) is 72.8 Å². The van der Waals surface area contributed by atoms with E-state index in [0.29, 0.717) is 22.0 Å². The van der Waals surface area contributed by atoms with Crippen molar-refractivity contribution < 1.29 is 0 Å². The van der Waals surface area contributed by atoms with Gasteiger partial charge in [-0.25, -0.2) is 9.97 Å². The van der Waals surface area contributed by atoms with Gasteiger partial charge < -0.3 is 5.32 Å². The Morgan fingerprint density at radius 1 is 1.19 bits per heavy atom. The van der Waals surface area contributed by atoms with Crippen molar-refractivity contribution in [1.29, 1.82) is 0 Å². The molecule has 1 saturated carbocycles. The lowest BCUT2D eigenvalue weighted by atomic mass is 9.63. The summed E-state index contributed by atoms with van der Waals surface area (Å²) in [5.74, 6) is 1.71. The lowest BCUT2D eigenvalue weighted by molar-refractivity contribution is 0.105. The SMILES string of the molecule is CCCc1nc(Cl)cc(NC2CC(C)(C)CC(C)(C)C2)n1. The first-order chi connectivity index (χ1) is 9.69. The standard InChI is InChI=1S/C17H28ClN3/c1-6-7-14-20-13(18)8-15(21-14)19-12-9-16(2,3)11-17(4,5)10-12/h8,12H,6-7,9-11H2,1-5H3,(H,19,20,21). The Labute approximate surface area is 133 Å². The van der Waals surface area contributed by atoms with Gasteiger partial charge in [-0.2, -0.15) is 0 Å². The average molecular weight is 310 g/mol. The monoisotopic (exact) mass is 309 g/mol. The second-order valence-electron chi connectivity index (χ2n) is 8.00. The Hall–Kier alpha value is -0.830. The van der Waals surface area contributed by atoms with Crippen molar-refractivity contribution in [3.05, 3.63) is 17.0 Å². The minimum absolute atomic E-state index is 0.364. The van der Waals surface area contributed by atoms with E-state index in [-0.39, 0.29) is 0 Å². The number of nitrogens with zero attached hydrogens (tertiary/aromatic N) is 2. The fourth-order valence-corrected chi connectivity index (χ4v) is 4.23. The number of nitrogens with one attached hydrogen (secondary N) is 1. The van der Waals surface area contributed by atoms with Gasteiger partial charge in [0.05, 0.1) is 0 Å². The molecule has 0 spiro atoms. The average Bonchev–Trinajstić information content (AvgIpc) is 2.23. The minimum Gasteiger partial charge on any atom is -0.367 e. The third-order valence-electron chi connectivity index (χ3n) is 4.12. The lowest BCUT2D eigenvalue weighted by Gasteiger charge is -2.45. The summed E-state index contributed by atoms with van der Waals surface area (Å²) < 4.78 is 0. The number of anilines is 1. The van der Waals surface area contributed by atoms with E-state index in [9.17, 15) is 0 Å². The normalized spacial score (nSPS) is 21.2. The molecule has 4 heteroatoms. The van der Waals surface area contributed by atoms with Crippen molar-refractivity contribution in [2.24, 2.45) is 10.8 Å². The summed E-state index contributed by atoms with van der Waals surface area (Å²) in [4.78, 5) is 8.89. The molecule has 1 aliphatic carbocycles. The van der Waals surface area contributed by atoms with Crippen molar-refractivity contribution >= 4 is 17.4 Å². The molecular formula is C17H28ClN3. The molecule has 2 rings (SSSR count). The summed E-state index contributed by atoms with van der Waals surface area (Å²) in [5.41, 5.74) is 0.727. The highest BCUT2D eigenvalue weighted by molar-refractivity contribution is 6.29. The van der Waals surface area contributed by atoms with Crippen LogP contribution in [0.2, 0.25) is 5.15 Å². The van der Waals surface area contributed by atoms with E-state index < -0.39 is 0 Å². The van der Waals surface area contributed by atoms with Gasteiger partial charge in [0.25, 0.3) is 0 Å². The predicted octanol–water partition coefficient (Wildman–Crippen LogP) is 5.10. The largest absolute Gasteiger partial charge is 0.367 e. The fourth-order valence-electron chi connectivity index (χ4n) is 4.03. The molecule has 0 bridgehead atoms. The van der Waals surface area contributed by atoms with Gasteiger partial charge in [0.1, 0.15) is 16.8 Å². The van der Waals surface area contributed by atoms with Gasteiger partial charge >= 0.3 is 0 Å². The van der Waals surface area contributed by atoms with Crippen LogP contribution in [0.1, 0.15) is 66.1 Å². The van der Waals surface area contributed by atoms with Crippen molar-refractivity contribution in [2.75, 3.05) is 5.32 Å². The van der Waals surface area contributed by atoms with Crippen LogP contribution < -0.4 is 5.32 Å². The molecule has 1 aliphatic rings. The minimum atomic E-state index is 0.364. The van der Waals surface area contributed by atoms with Crippen LogP contribution in [0.5, 0.6) is 0 Å².